The number of carbonyl (C=O) groups is 1. The van der Waals surface area contributed by atoms with E-state index < -0.39 is 6.04 Å². The van der Waals surface area contributed by atoms with E-state index in [1.54, 1.807) is 11.3 Å². The first kappa shape index (κ1) is 11.2. The van der Waals surface area contributed by atoms with E-state index in [4.69, 9.17) is 10.5 Å². The Morgan fingerprint density at radius 3 is 2.93 bits per heavy atom. The Morgan fingerprint density at radius 1 is 1.71 bits per heavy atom. The van der Waals surface area contributed by atoms with Crippen molar-refractivity contribution in [2.45, 2.75) is 13.0 Å². The number of rotatable bonds is 4. The number of aryl methyl sites for hydroxylation is 1. The number of nitrogens with two attached hydrogens (primary N) is 1. The predicted molar refractivity (Wildman–Crippen MR) is 57.5 cm³/mol. The van der Waals surface area contributed by atoms with Gasteiger partial charge < -0.3 is 15.8 Å². The molecular weight excluding hydrogens is 200 g/mol. The Balaban J connectivity index is 2.53. The number of hydrogen-bond donors (Lipinski definition) is 2. The SMILES string of the molecule is COCC(N)C(=O)Nc1cscc1C. The van der Waals surface area contributed by atoms with Crippen molar-refractivity contribution in [3.05, 3.63) is 16.3 Å². The minimum Gasteiger partial charge on any atom is -0.383 e. The summed E-state index contributed by atoms with van der Waals surface area (Å²) in [6, 6.07) is -0.612. The molecule has 4 nitrogen and oxygen atoms in total. The Hall–Kier alpha value is -0.910. The molecule has 1 aromatic rings. The van der Waals surface area contributed by atoms with Gasteiger partial charge in [0.25, 0.3) is 0 Å². The lowest BCUT2D eigenvalue weighted by Crippen LogP contribution is -2.39. The highest BCUT2D eigenvalue weighted by Gasteiger charge is 2.13. The molecule has 1 unspecified atom stereocenters. The number of methoxy groups -OCH3 is 1. The van der Waals surface area contributed by atoms with Crippen LogP contribution in [0.2, 0.25) is 0 Å². The van der Waals surface area contributed by atoms with Crippen molar-refractivity contribution < 1.29 is 9.53 Å². The summed E-state index contributed by atoms with van der Waals surface area (Å²) < 4.78 is 4.79. The molecule has 0 radical (unpaired) electrons. The second-order valence-electron chi connectivity index (χ2n) is 3.02. The van der Waals surface area contributed by atoms with Crippen molar-refractivity contribution >= 4 is 22.9 Å². The quantitative estimate of drug-likeness (QED) is 0.785. The van der Waals surface area contributed by atoms with Crippen LogP contribution in [0.4, 0.5) is 5.69 Å². The topological polar surface area (TPSA) is 64.3 Å². The van der Waals surface area contributed by atoms with E-state index in [1.165, 1.54) is 7.11 Å². The van der Waals surface area contributed by atoms with Gasteiger partial charge in [0.05, 0.1) is 12.3 Å². The fourth-order valence-corrected chi connectivity index (χ4v) is 1.75. The number of thiophene rings is 1. The summed E-state index contributed by atoms with van der Waals surface area (Å²) >= 11 is 1.55. The summed E-state index contributed by atoms with van der Waals surface area (Å²) in [5, 5.41) is 6.59. The molecule has 0 saturated heterocycles. The summed E-state index contributed by atoms with van der Waals surface area (Å²) in [5.74, 6) is -0.214. The van der Waals surface area contributed by atoms with Crippen molar-refractivity contribution in [2.75, 3.05) is 19.0 Å². The van der Waals surface area contributed by atoms with Gasteiger partial charge in [0, 0.05) is 12.5 Å². The van der Waals surface area contributed by atoms with Gasteiger partial charge in [-0.05, 0) is 17.9 Å². The highest BCUT2D eigenvalue weighted by Crippen LogP contribution is 2.19. The van der Waals surface area contributed by atoms with E-state index in [2.05, 4.69) is 5.32 Å². The Labute approximate surface area is 87.1 Å². The third-order valence-corrected chi connectivity index (χ3v) is 2.66. The van der Waals surface area contributed by atoms with Crippen LogP contribution in [0.5, 0.6) is 0 Å². The molecule has 0 aliphatic carbocycles. The van der Waals surface area contributed by atoms with E-state index in [-0.39, 0.29) is 12.5 Å². The van der Waals surface area contributed by atoms with E-state index in [9.17, 15) is 4.79 Å². The van der Waals surface area contributed by atoms with Gasteiger partial charge >= 0.3 is 0 Å². The summed E-state index contributed by atoms with van der Waals surface area (Å²) in [6.07, 6.45) is 0. The van der Waals surface area contributed by atoms with Crippen LogP contribution in [-0.2, 0) is 9.53 Å². The molecule has 78 valence electrons. The zero-order chi connectivity index (χ0) is 10.6. The predicted octanol–water partition coefficient (Wildman–Crippen LogP) is 0.969. The third-order valence-electron chi connectivity index (χ3n) is 1.80. The number of hydrogen-bond acceptors (Lipinski definition) is 4. The van der Waals surface area contributed by atoms with E-state index in [1.807, 2.05) is 17.7 Å². The second-order valence-corrected chi connectivity index (χ2v) is 3.76. The van der Waals surface area contributed by atoms with E-state index in [0.717, 1.165) is 11.3 Å². The number of amides is 1. The van der Waals surface area contributed by atoms with Crippen LogP contribution >= 0.6 is 11.3 Å². The molecule has 0 saturated carbocycles. The van der Waals surface area contributed by atoms with Gasteiger partial charge in [0.1, 0.15) is 6.04 Å². The first-order chi connectivity index (χ1) is 6.65. The number of ether oxygens (including phenoxy) is 1. The number of carbonyl (C=O) groups excluding carboxylic acids is 1. The van der Waals surface area contributed by atoms with Crippen molar-refractivity contribution in [2.24, 2.45) is 5.73 Å². The molecule has 1 heterocycles. The lowest BCUT2D eigenvalue weighted by molar-refractivity contribution is -0.118. The maximum absolute atomic E-state index is 11.4. The van der Waals surface area contributed by atoms with Gasteiger partial charge in [0.2, 0.25) is 5.91 Å². The Bertz CT molecular complexity index is 312. The lowest BCUT2D eigenvalue weighted by Gasteiger charge is -2.10. The molecule has 0 aliphatic rings. The third kappa shape index (κ3) is 2.80. The van der Waals surface area contributed by atoms with E-state index in [0.29, 0.717) is 0 Å². The number of nitrogens with one attached hydrogen (secondary N) is 1. The van der Waals surface area contributed by atoms with Crippen LogP contribution in [0, 0.1) is 6.92 Å². The molecule has 0 bridgehead atoms. The molecule has 0 spiro atoms. The first-order valence-corrected chi connectivity index (χ1v) is 5.17. The van der Waals surface area contributed by atoms with Crippen LogP contribution in [0.3, 0.4) is 0 Å². The molecular formula is C9H14N2O2S. The summed E-state index contributed by atoms with van der Waals surface area (Å²) in [7, 11) is 1.52. The van der Waals surface area contributed by atoms with Crippen molar-refractivity contribution in [1.29, 1.82) is 0 Å². The van der Waals surface area contributed by atoms with E-state index >= 15 is 0 Å². The lowest BCUT2D eigenvalue weighted by atomic mass is 10.3. The molecule has 1 atom stereocenters. The first-order valence-electron chi connectivity index (χ1n) is 4.23. The molecule has 1 aromatic heterocycles. The standard InChI is InChI=1S/C9H14N2O2S/c1-6-4-14-5-8(6)11-9(12)7(10)3-13-2/h4-5,7H,3,10H2,1-2H3,(H,11,12). The maximum atomic E-state index is 11.4. The monoisotopic (exact) mass is 214 g/mol. The second kappa shape index (κ2) is 5.09. The van der Waals surface area contributed by atoms with Crippen LogP contribution in [0.1, 0.15) is 5.56 Å². The van der Waals surface area contributed by atoms with Gasteiger partial charge in [-0.25, -0.2) is 0 Å². The van der Waals surface area contributed by atoms with Crippen LogP contribution < -0.4 is 11.1 Å². The highest BCUT2D eigenvalue weighted by atomic mass is 32.1. The summed E-state index contributed by atoms with van der Waals surface area (Å²) in [6.45, 7) is 2.17. The normalized spacial score (nSPS) is 12.5. The molecule has 1 amide bonds. The minimum atomic E-state index is -0.612. The summed E-state index contributed by atoms with van der Waals surface area (Å²) in [4.78, 5) is 11.4. The van der Waals surface area contributed by atoms with Crippen LogP contribution in [-0.4, -0.2) is 25.7 Å². The van der Waals surface area contributed by atoms with Crippen LogP contribution in [0.25, 0.3) is 0 Å². The molecule has 1 rings (SSSR count). The maximum Gasteiger partial charge on any atom is 0.243 e. The molecule has 5 heteroatoms. The van der Waals surface area contributed by atoms with Crippen molar-refractivity contribution in [3.63, 3.8) is 0 Å². The van der Waals surface area contributed by atoms with Crippen molar-refractivity contribution in [3.8, 4) is 0 Å². The molecule has 3 N–H and O–H groups in total. The smallest absolute Gasteiger partial charge is 0.243 e. The minimum absolute atomic E-state index is 0.214. The van der Waals surface area contributed by atoms with Gasteiger partial charge in [-0.15, -0.1) is 11.3 Å². The van der Waals surface area contributed by atoms with Gasteiger partial charge in [-0.1, -0.05) is 0 Å². The summed E-state index contributed by atoms with van der Waals surface area (Å²) in [5.41, 5.74) is 7.44. The zero-order valence-electron chi connectivity index (χ0n) is 8.24. The molecule has 0 aliphatic heterocycles. The van der Waals surface area contributed by atoms with Gasteiger partial charge in [0.15, 0.2) is 0 Å². The molecule has 0 aromatic carbocycles. The highest BCUT2D eigenvalue weighted by molar-refractivity contribution is 7.08. The average molecular weight is 214 g/mol. The number of anilines is 1. The fraction of sp³-hybridized carbons (Fsp3) is 0.444. The van der Waals surface area contributed by atoms with Gasteiger partial charge in [-0.2, -0.15) is 0 Å². The Morgan fingerprint density at radius 2 is 2.43 bits per heavy atom. The van der Waals surface area contributed by atoms with Crippen LogP contribution in [0.15, 0.2) is 10.8 Å². The fourth-order valence-electron chi connectivity index (χ4n) is 0.969. The zero-order valence-corrected chi connectivity index (χ0v) is 9.06. The van der Waals surface area contributed by atoms with Crippen molar-refractivity contribution in [1.82, 2.24) is 0 Å². The average Bonchev–Trinajstić information content (AvgIpc) is 2.52. The Kier molecular flexibility index (Phi) is 4.06. The molecule has 0 fully saturated rings. The largest absolute Gasteiger partial charge is 0.383 e. The molecule has 14 heavy (non-hydrogen) atoms. The van der Waals surface area contributed by atoms with Gasteiger partial charge in [-0.3, -0.25) is 4.79 Å².